The van der Waals surface area contributed by atoms with Gasteiger partial charge in [0, 0.05) is 33.4 Å². The summed E-state index contributed by atoms with van der Waals surface area (Å²) in [6, 6.07) is 0. The molecule has 5 nitrogen and oxygen atoms in total. The van der Waals surface area contributed by atoms with Crippen LogP contribution in [0.2, 0.25) is 0 Å². The lowest BCUT2D eigenvalue weighted by Crippen LogP contribution is -2.38. The zero-order valence-corrected chi connectivity index (χ0v) is 11.7. The molecular weight excluding hydrogens is 230 g/mol. The molecule has 106 valence electrons. The Morgan fingerprint density at radius 2 is 2.22 bits per heavy atom. The number of nitrogens with one attached hydrogen (secondary N) is 2. The van der Waals surface area contributed by atoms with Crippen LogP contribution < -0.4 is 10.6 Å². The lowest BCUT2D eigenvalue weighted by atomic mass is 10.2. The van der Waals surface area contributed by atoms with E-state index in [0.29, 0.717) is 6.10 Å². The number of ether oxygens (including phenoxy) is 2. The van der Waals surface area contributed by atoms with E-state index in [1.807, 2.05) is 0 Å². The number of nitrogens with zero attached hydrogens (tertiary/aromatic N) is 1. The standard InChI is InChI=1S/C13H27N3O2/c1-3-7-15-13(14-2)16-8-5-9-17-11-12-6-4-10-18-12/h12H,3-11H2,1-2H3,(H2,14,15,16). The minimum absolute atomic E-state index is 0.331. The molecule has 0 radical (unpaired) electrons. The Labute approximate surface area is 110 Å². The molecule has 0 saturated carbocycles. The zero-order valence-electron chi connectivity index (χ0n) is 11.7. The Bertz CT molecular complexity index is 228. The normalized spacial score (nSPS) is 20.1. The third-order valence-electron chi connectivity index (χ3n) is 2.85. The number of hydrogen-bond acceptors (Lipinski definition) is 3. The Balaban J connectivity index is 1.90. The highest BCUT2D eigenvalue weighted by Crippen LogP contribution is 2.11. The van der Waals surface area contributed by atoms with E-state index in [-0.39, 0.29) is 0 Å². The predicted molar refractivity (Wildman–Crippen MR) is 74.1 cm³/mol. The molecule has 2 N–H and O–H groups in total. The summed E-state index contributed by atoms with van der Waals surface area (Å²) in [6.07, 6.45) is 4.74. The van der Waals surface area contributed by atoms with E-state index < -0.39 is 0 Å². The van der Waals surface area contributed by atoms with Gasteiger partial charge in [-0.1, -0.05) is 6.92 Å². The highest BCUT2D eigenvalue weighted by molar-refractivity contribution is 5.79. The number of hydrogen-bond donors (Lipinski definition) is 2. The molecule has 0 bridgehead atoms. The van der Waals surface area contributed by atoms with Gasteiger partial charge in [0.2, 0.25) is 0 Å². The highest BCUT2D eigenvalue weighted by Gasteiger charge is 2.14. The average molecular weight is 257 g/mol. The van der Waals surface area contributed by atoms with Crippen molar-refractivity contribution in [2.75, 3.05) is 40.0 Å². The number of rotatable bonds is 8. The van der Waals surface area contributed by atoms with Crippen LogP contribution in [0.1, 0.15) is 32.6 Å². The lowest BCUT2D eigenvalue weighted by molar-refractivity contribution is 0.0168. The molecule has 1 aliphatic heterocycles. The van der Waals surface area contributed by atoms with Gasteiger partial charge in [0.15, 0.2) is 5.96 Å². The van der Waals surface area contributed by atoms with Gasteiger partial charge in [0.1, 0.15) is 0 Å². The Hall–Kier alpha value is -0.810. The molecule has 0 aromatic carbocycles. The first-order chi connectivity index (χ1) is 8.86. The van der Waals surface area contributed by atoms with E-state index in [4.69, 9.17) is 9.47 Å². The maximum Gasteiger partial charge on any atom is 0.190 e. The summed E-state index contributed by atoms with van der Waals surface area (Å²) < 4.78 is 11.1. The van der Waals surface area contributed by atoms with Crippen LogP contribution in [0.15, 0.2) is 4.99 Å². The van der Waals surface area contributed by atoms with Crippen LogP contribution in [0.3, 0.4) is 0 Å². The van der Waals surface area contributed by atoms with E-state index in [0.717, 1.165) is 58.1 Å². The second kappa shape index (κ2) is 10.1. The van der Waals surface area contributed by atoms with Crippen molar-refractivity contribution >= 4 is 5.96 Å². The van der Waals surface area contributed by atoms with Gasteiger partial charge in [-0.2, -0.15) is 0 Å². The van der Waals surface area contributed by atoms with E-state index in [1.54, 1.807) is 7.05 Å². The molecule has 1 unspecified atom stereocenters. The molecule has 0 spiro atoms. The fourth-order valence-electron chi connectivity index (χ4n) is 1.84. The van der Waals surface area contributed by atoms with Crippen LogP contribution in [0, 0.1) is 0 Å². The Morgan fingerprint density at radius 3 is 2.89 bits per heavy atom. The molecule has 0 aromatic rings. The van der Waals surface area contributed by atoms with Gasteiger partial charge < -0.3 is 20.1 Å². The maximum absolute atomic E-state index is 5.59. The Kier molecular flexibility index (Phi) is 8.59. The third-order valence-corrected chi connectivity index (χ3v) is 2.85. The van der Waals surface area contributed by atoms with Gasteiger partial charge >= 0.3 is 0 Å². The third kappa shape index (κ3) is 6.81. The molecule has 1 atom stereocenters. The molecule has 0 aliphatic carbocycles. The van der Waals surface area contributed by atoms with Crippen LogP contribution in [0.5, 0.6) is 0 Å². The van der Waals surface area contributed by atoms with Gasteiger partial charge in [0.05, 0.1) is 12.7 Å². The van der Waals surface area contributed by atoms with Crippen molar-refractivity contribution in [1.29, 1.82) is 0 Å². The minimum atomic E-state index is 0.331. The van der Waals surface area contributed by atoms with Crippen molar-refractivity contribution in [2.24, 2.45) is 4.99 Å². The Morgan fingerprint density at radius 1 is 1.39 bits per heavy atom. The van der Waals surface area contributed by atoms with E-state index in [1.165, 1.54) is 6.42 Å². The summed E-state index contributed by atoms with van der Waals surface area (Å²) >= 11 is 0. The van der Waals surface area contributed by atoms with Crippen molar-refractivity contribution in [1.82, 2.24) is 10.6 Å². The van der Waals surface area contributed by atoms with Gasteiger partial charge in [0.25, 0.3) is 0 Å². The largest absolute Gasteiger partial charge is 0.379 e. The van der Waals surface area contributed by atoms with Gasteiger partial charge in [-0.05, 0) is 25.7 Å². The molecule has 0 aromatic heterocycles. The van der Waals surface area contributed by atoms with E-state index >= 15 is 0 Å². The lowest BCUT2D eigenvalue weighted by Gasteiger charge is -2.12. The van der Waals surface area contributed by atoms with E-state index in [2.05, 4.69) is 22.5 Å². The van der Waals surface area contributed by atoms with Crippen LogP contribution in [0.25, 0.3) is 0 Å². The van der Waals surface area contributed by atoms with Crippen molar-refractivity contribution in [3.63, 3.8) is 0 Å². The molecule has 1 aliphatic rings. The van der Waals surface area contributed by atoms with Crippen molar-refractivity contribution in [2.45, 2.75) is 38.7 Å². The quantitative estimate of drug-likeness (QED) is 0.389. The summed E-state index contributed by atoms with van der Waals surface area (Å²) in [5.74, 6) is 0.871. The summed E-state index contributed by atoms with van der Waals surface area (Å²) in [4.78, 5) is 4.14. The van der Waals surface area contributed by atoms with Crippen LogP contribution in [0.4, 0.5) is 0 Å². The minimum Gasteiger partial charge on any atom is -0.379 e. The first kappa shape index (κ1) is 15.2. The van der Waals surface area contributed by atoms with Crippen LogP contribution in [-0.4, -0.2) is 52.0 Å². The monoisotopic (exact) mass is 257 g/mol. The van der Waals surface area contributed by atoms with Crippen LogP contribution in [-0.2, 0) is 9.47 Å². The first-order valence-corrected chi connectivity index (χ1v) is 7.00. The zero-order chi connectivity index (χ0) is 13.1. The van der Waals surface area contributed by atoms with Gasteiger partial charge in [-0.3, -0.25) is 4.99 Å². The molecule has 1 saturated heterocycles. The molecule has 5 heteroatoms. The molecule has 1 fully saturated rings. The number of guanidine groups is 1. The molecular formula is C13H27N3O2. The summed E-state index contributed by atoms with van der Waals surface area (Å²) in [7, 11) is 1.79. The van der Waals surface area contributed by atoms with Crippen molar-refractivity contribution in [3.8, 4) is 0 Å². The topological polar surface area (TPSA) is 54.9 Å². The SMILES string of the molecule is CCCNC(=NC)NCCCOCC1CCCO1. The average Bonchev–Trinajstić information content (AvgIpc) is 2.90. The molecule has 1 heterocycles. The van der Waals surface area contributed by atoms with Gasteiger partial charge in [-0.15, -0.1) is 0 Å². The fourth-order valence-corrected chi connectivity index (χ4v) is 1.84. The fraction of sp³-hybridized carbons (Fsp3) is 0.923. The number of aliphatic imine (C=N–C) groups is 1. The summed E-state index contributed by atoms with van der Waals surface area (Å²) in [6.45, 7) is 6.39. The van der Waals surface area contributed by atoms with Crippen molar-refractivity contribution in [3.05, 3.63) is 0 Å². The van der Waals surface area contributed by atoms with Crippen LogP contribution >= 0.6 is 0 Å². The second-order valence-electron chi connectivity index (χ2n) is 4.49. The molecule has 18 heavy (non-hydrogen) atoms. The second-order valence-corrected chi connectivity index (χ2v) is 4.49. The van der Waals surface area contributed by atoms with E-state index in [9.17, 15) is 0 Å². The predicted octanol–water partition coefficient (Wildman–Crippen LogP) is 1.15. The first-order valence-electron chi connectivity index (χ1n) is 7.00. The summed E-state index contributed by atoms with van der Waals surface area (Å²) in [5, 5.41) is 6.49. The van der Waals surface area contributed by atoms with Gasteiger partial charge in [-0.25, -0.2) is 0 Å². The van der Waals surface area contributed by atoms with Crippen molar-refractivity contribution < 1.29 is 9.47 Å². The highest BCUT2D eigenvalue weighted by atomic mass is 16.5. The maximum atomic E-state index is 5.59. The smallest absolute Gasteiger partial charge is 0.190 e. The molecule has 0 amide bonds. The summed E-state index contributed by atoms with van der Waals surface area (Å²) in [5.41, 5.74) is 0. The molecule has 1 rings (SSSR count).